The van der Waals surface area contributed by atoms with Gasteiger partial charge in [0.15, 0.2) is 3.72 Å². The molecule has 6 heteroatoms. The van der Waals surface area contributed by atoms with Gasteiger partial charge >= 0.3 is 6.18 Å². The average molecular weight is 329 g/mol. The van der Waals surface area contributed by atoms with Crippen LogP contribution in [-0.4, -0.2) is 17.0 Å². The molecule has 1 aromatic rings. The first-order valence-corrected chi connectivity index (χ1v) is 4.97. The van der Waals surface area contributed by atoms with Crippen molar-refractivity contribution in [2.45, 2.75) is 6.18 Å². The van der Waals surface area contributed by atoms with E-state index in [1.165, 1.54) is 19.2 Å². The standard InChI is InChI=1S/C9H7F3INO/c1-15-7-4-2-3-6(5-7)14-8(13)9(10,11)12/h2-5H,1H3. The average Bonchev–Trinajstić information content (AvgIpc) is 2.16. The van der Waals surface area contributed by atoms with E-state index in [4.69, 9.17) is 4.74 Å². The highest BCUT2D eigenvalue weighted by Crippen LogP contribution is 2.26. The fourth-order valence-corrected chi connectivity index (χ4v) is 1.14. The summed E-state index contributed by atoms with van der Waals surface area (Å²) in [6.07, 6.45) is -4.40. The van der Waals surface area contributed by atoms with Crippen LogP contribution in [0.1, 0.15) is 0 Å². The first-order chi connectivity index (χ1) is 6.93. The van der Waals surface area contributed by atoms with Crippen molar-refractivity contribution in [3.8, 4) is 5.75 Å². The smallest absolute Gasteiger partial charge is 0.439 e. The maximum Gasteiger partial charge on any atom is 0.439 e. The van der Waals surface area contributed by atoms with E-state index in [1.807, 2.05) is 0 Å². The normalized spacial score (nSPS) is 12.7. The lowest BCUT2D eigenvalue weighted by atomic mass is 10.3. The minimum Gasteiger partial charge on any atom is -0.497 e. The van der Waals surface area contributed by atoms with E-state index in [1.54, 1.807) is 12.1 Å². The van der Waals surface area contributed by atoms with Crippen LogP contribution in [-0.2, 0) is 0 Å². The summed E-state index contributed by atoms with van der Waals surface area (Å²) in [6, 6.07) is 6.13. The molecule has 82 valence electrons. The SMILES string of the molecule is COc1cccc(N=C(I)C(F)(F)F)c1. The van der Waals surface area contributed by atoms with Crippen LogP contribution in [0.5, 0.6) is 5.75 Å². The molecule has 0 radical (unpaired) electrons. The number of hydrogen-bond acceptors (Lipinski definition) is 2. The summed E-state index contributed by atoms with van der Waals surface area (Å²) in [6.45, 7) is 0. The third-order valence-electron chi connectivity index (χ3n) is 1.51. The molecule has 0 amide bonds. The van der Waals surface area contributed by atoms with E-state index >= 15 is 0 Å². The van der Waals surface area contributed by atoms with E-state index in [-0.39, 0.29) is 5.69 Å². The Bertz CT molecular complexity index is 376. The minimum absolute atomic E-state index is 0.219. The molecular weight excluding hydrogens is 322 g/mol. The number of nitrogens with zero attached hydrogens (tertiary/aromatic N) is 1. The van der Waals surface area contributed by atoms with Crippen LogP contribution in [0.2, 0.25) is 0 Å². The Morgan fingerprint density at radius 2 is 2.07 bits per heavy atom. The molecule has 0 aromatic heterocycles. The lowest BCUT2D eigenvalue weighted by Gasteiger charge is -2.04. The van der Waals surface area contributed by atoms with Gasteiger partial charge in [-0.05, 0) is 34.7 Å². The summed E-state index contributed by atoms with van der Waals surface area (Å²) < 4.78 is 40.4. The molecule has 0 atom stereocenters. The molecule has 1 aromatic carbocycles. The molecule has 0 unspecified atom stereocenters. The predicted octanol–water partition coefficient (Wildman–Crippen LogP) is 3.72. The predicted molar refractivity (Wildman–Crippen MR) is 60.2 cm³/mol. The van der Waals surface area contributed by atoms with Crippen molar-refractivity contribution in [1.82, 2.24) is 0 Å². The zero-order valence-corrected chi connectivity index (χ0v) is 9.83. The number of benzene rings is 1. The summed E-state index contributed by atoms with van der Waals surface area (Å²) in [4.78, 5) is 3.44. The molecule has 0 saturated heterocycles. The van der Waals surface area contributed by atoms with Crippen molar-refractivity contribution in [3.05, 3.63) is 24.3 Å². The molecule has 0 fully saturated rings. The van der Waals surface area contributed by atoms with Crippen molar-refractivity contribution in [2.75, 3.05) is 7.11 Å². The molecule has 0 spiro atoms. The van der Waals surface area contributed by atoms with Crippen LogP contribution in [0, 0.1) is 0 Å². The Hall–Kier alpha value is -0.790. The van der Waals surface area contributed by atoms with Gasteiger partial charge in [0.25, 0.3) is 0 Å². The molecule has 2 nitrogen and oxygen atoms in total. The number of alkyl halides is 3. The van der Waals surface area contributed by atoms with Crippen molar-refractivity contribution >= 4 is 32.0 Å². The van der Waals surface area contributed by atoms with Crippen LogP contribution in [0.4, 0.5) is 18.9 Å². The zero-order valence-electron chi connectivity index (χ0n) is 7.68. The van der Waals surface area contributed by atoms with Crippen LogP contribution in [0.25, 0.3) is 0 Å². The maximum atomic E-state index is 12.1. The quantitative estimate of drug-likeness (QED) is 0.599. The Balaban J connectivity index is 2.98. The molecule has 0 aliphatic rings. The minimum atomic E-state index is -4.40. The molecule has 1 rings (SSSR count). The van der Waals surface area contributed by atoms with Crippen LogP contribution < -0.4 is 4.74 Å². The van der Waals surface area contributed by atoms with Crippen molar-refractivity contribution in [2.24, 2.45) is 4.99 Å². The number of rotatable bonds is 2. The number of aliphatic imine (C=N–C) groups is 1. The fourth-order valence-electron chi connectivity index (χ4n) is 0.857. The van der Waals surface area contributed by atoms with Gasteiger partial charge in [0.05, 0.1) is 12.8 Å². The molecule has 0 saturated carbocycles. The highest BCUT2D eigenvalue weighted by atomic mass is 127. The van der Waals surface area contributed by atoms with Crippen molar-refractivity contribution in [1.29, 1.82) is 0 Å². The first-order valence-electron chi connectivity index (χ1n) is 3.89. The third-order valence-corrected chi connectivity index (χ3v) is 2.37. The lowest BCUT2D eigenvalue weighted by Crippen LogP contribution is -2.15. The van der Waals surface area contributed by atoms with Crippen molar-refractivity contribution < 1.29 is 17.9 Å². The van der Waals surface area contributed by atoms with Gasteiger partial charge < -0.3 is 4.74 Å². The van der Waals surface area contributed by atoms with Gasteiger partial charge in [-0.1, -0.05) is 6.07 Å². The third kappa shape index (κ3) is 3.69. The molecule has 0 bridgehead atoms. The number of methoxy groups -OCH3 is 1. The van der Waals surface area contributed by atoms with Gasteiger partial charge in [-0.2, -0.15) is 13.2 Å². The van der Waals surface area contributed by atoms with Crippen molar-refractivity contribution in [3.63, 3.8) is 0 Å². The van der Waals surface area contributed by atoms with Gasteiger partial charge in [-0.3, -0.25) is 0 Å². The Morgan fingerprint density at radius 3 is 2.60 bits per heavy atom. The molecule has 0 N–H and O–H groups in total. The lowest BCUT2D eigenvalue weighted by molar-refractivity contribution is -0.0544. The summed E-state index contributed by atoms with van der Waals surface area (Å²) >= 11 is 1.16. The Labute approximate surface area is 98.3 Å². The van der Waals surface area contributed by atoms with Crippen LogP contribution >= 0.6 is 22.6 Å². The van der Waals surface area contributed by atoms with Crippen LogP contribution in [0.15, 0.2) is 29.3 Å². The van der Waals surface area contributed by atoms with Gasteiger partial charge in [-0.15, -0.1) is 0 Å². The van der Waals surface area contributed by atoms with E-state index in [9.17, 15) is 13.2 Å². The first kappa shape index (κ1) is 12.3. The van der Waals surface area contributed by atoms with E-state index in [0.29, 0.717) is 5.75 Å². The molecule has 0 heterocycles. The second-order valence-electron chi connectivity index (χ2n) is 2.60. The molecule has 0 aliphatic carbocycles. The number of halogens is 4. The van der Waals surface area contributed by atoms with Gasteiger partial charge in [-0.25, -0.2) is 4.99 Å². The summed E-state index contributed by atoms with van der Waals surface area (Å²) in [5.74, 6) is 0.475. The highest BCUT2D eigenvalue weighted by molar-refractivity contribution is 14.1. The molecule has 0 aliphatic heterocycles. The maximum absolute atomic E-state index is 12.1. The number of hydrogen-bond donors (Lipinski definition) is 0. The van der Waals surface area contributed by atoms with Gasteiger partial charge in [0, 0.05) is 6.07 Å². The fraction of sp³-hybridized carbons (Fsp3) is 0.222. The monoisotopic (exact) mass is 329 g/mol. The summed E-state index contributed by atoms with van der Waals surface area (Å²) in [5, 5.41) is 0. The summed E-state index contributed by atoms with van der Waals surface area (Å²) in [5.41, 5.74) is 0.219. The van der Waals surface area contributed by atoms with Gasteiger partial charge in [0.1, 0.15) is 5.75 Å². The Morgan fingerprint density at radius 1 is 1.40 bits per heavy atom. The topological polar surface area (TPSA) is 21.6 Å². The van der Waals surface area contributed by atoms with E-state index in [0.717, 1.165) is 22.6 Å². The van der Waals surface area contributed by atoms with Crippen LogP contribution in [0.3, 0.4) is 0 Å². The Kier molecular flexibility index (Phi) is 3.95. The second kappa shape index (κ2) is 4.82. The number of ether oxygens (including phenoxy) is 1. The molecular formula is C9H7F3INO. The summed E-state index contributed by atoms with van der Waals surface area (Å²) in [7, 11) is 1.44. The largest absolute Gasteiger partial charge is 0.497 e. The molecule has 15 heavy (non-hydrogen) atoms. The second-order valence-corrected chi connectivity index (χ2v) is 3.62. The van der Waals surface area contributed by atoms with E-state index < -0.39 is 9.89 Å². The zero-order chi connectivity index (χ0) is 11.5. The van der Waals surface area contributed by atoms with Gasteiger partial charge in [0.2, 0.25) is 0 Å². The highest BCUT2D eigenvalue weighted by Gasteiger charge is 2.33. The van der Waals surface area contributed by atoms with E-state index in [2.05, 4.69) is 4.99 Å².